The molecule has 1 nitrogen and oxygen atoms in total. The molecule has 0 aromatic heterocycles. The van der Waals surface area contributed by atoms with Crippen LogP contribution in [0.25, 0.3) is 0 Å². The van der Waals surface area contributed by atoms with Crippen LogP contribution < -0.4 is 0 Å². The maximum atomic E-state index is 12.0. The molecule has 0 heterocycles. The van der Waals surface area contributed by atoms with E-state index < -0.39 is 0 Å². The number of carbonyl (C=O) groups excluding carboxylic acids is 1. The van der Waals surface area contributed by atoms with Gasteiger partial charge in [-0.05, 0) is 36.1 Å². The summed E-state index contributed by atoms with van der Waals surface area (Å²) in [5.41, 5.74) is 0.850. The van der Waals surface area contributed by atoms with Crippen molar-refractivity contribution in [1.29, 1.82) is 0 Å². The number of ketones is 1. The SMILES string of the molecule is O=C(CCC1CCCCC1)Cc1cc(Cl)ccc1Cl. The van der Waals surface area contributed by atoms with E-state index in [9.17, 15) is 4.79 Å². The lowest BCUT2D eigenvalue weighted by molar-refractivity contribution is -0.118. The van der Waals surface area contributed by atoms with E-state index in [0.717, 1.165) is 17.9 Å². The Balaban J connectivity index is 1.81. The molecule has 0 radical (unpaired) electrons. The van der Waals surface area contributed by atoms with E-state index >= 15 is 0 Å². The first-order valence-electron chi connectivity index (χ1n) is 7.11. The molecule has 0 amide bonds. The van der Waals surface area contributed by atoms with Crippen molar-refractivity contribution in [2.24, 2.45) is 5.92 Å². The van der Waals surface area contributed by atoms with Gasteiger partial charge in [0.05, 0.1) is 0 Å². The first-order chi connectivity index (χ1) is 9.15. The van der Waals surface area contributed by atoms with Crippen LogP contribution >= 0.6 is 23.2 Å². The maximum absolute atomic E-state index is 12.0. The van der Waals surface area contributed by atoms with Crippen molar-refractivity contribution in [3.8, 4) is 0 Å². The zero-order chi connectivity index (χ0) is 13.7. The van der Waals surface area contributed by atoms with Gasteiger partial charge in [0.15, 0.2) is 0 Å². The van der Waals surface area contributed by atoms with E-state index in [0.29, 0.717) is 22.9 Å². The van der Waals surface area contributed by atoms with Crippen LogP contribution in [0.15, 0.2) is 18.2 Å². The average molecular weight is 299 g/mol. The first kappa shape index (κ1) is 14.9. The third kappa shape index (κ3) is 4.81. The van der Waals surface area contributed by atoms with E-state index in [1.807, 2.05) is 0 Å². The molecule has 0 spiro atoms. The van der Waals surface area contributed by atoms with Gasteiger partial charge in [-0.15, -0.1) is 0 Å². The summed E-state index contributed by atoms with van der Waals surface area (Å²) in [7, 11) is 0. The van der Waals surface area contributed by atoms with Crippen LogP contribution in [-0.2, 0) is 11.2 Å². The summed E-state index contributed by atoms with van der Waals surface area (Å²) in [6.45, 7) is 0. The second-order valence-corrected chi connectivity index (χ2v) is 6.34. The molecule has 3 heteroatoms. The summed E-state index contributed by atoms with van der Waals surface area (Å²) in [4.78, 5) is 12.0. The summed E-state index contributed by atoms with van der Waals surface area (Å²) in [5, 5.41) is 1.27. The van der Waals surface area contributed by atoms with Gasteiger partial charge < -0.3 is 0 Å². The molecule has 1 aromatic rings. The van der Waals surface area contributed by atoms with Crippen molar-refractivity contribution in [1.82, 2.24) is 0 Å². The Labute approximate surface area is 125 Å². The standard InChI is InChI=1S/C16H20Cl2O/c17-14-7-9-16(18)13(10-14)11-15(19)8-6-12-4-2-1-3-5-12/h7,9-10,12H,1-6,8,11H2. The van der Waals surface area contributed by atoms with Crippen LogP contribution in [0, 0.1) is 5.92 Å². The van der Waals surface area contributed by atoms with Gasteiger partial charge in [-0.2, -0.15) is 0 Å². The molecule has 0 bridgehead atoms. The summed E-state index contributed by atoms with van der Waals surface area (Å²) >= 11 is 12.0. The highest BCUT2D eigenvalue weighted by Crippen LogP contribution is 2.28. The normalized spacial score (nSPS) is 16.5. The van der Waals surface area contributed by atoms with E-state index in [-0.39, 0.29) is 5.78 Å². The Hall–Kier alpha value is -0.530. The van der Waals surface area contributed by atoms with Crippen molar-refractivity contribution in [2.75, 3.05) is 0 Å². The fourth-order valence-corrected chi connectivity index (χ4v) is 3.20. The van der Waals surface area contributed by atoms with Crippen molar-refractivity contribution in [3.63, 3.8) is 0 Å². The van der Waals surface area contributed by atoms with Gasteiger partial charge in [-0.1, -0.05) is 55.3 Å². The molecule has 1 aliphatic carbocycles. The molecule has 0 aliphatic heterocycles. The molecule has 1 aliphatic rings. The number of halogens is 2. The minimum atomic E-state index is 0.273. The minimum absolute atomic E-state index is 0.273. The summed E-state index contributed by atoms with van der Waals surface area (Å²) in [5.74, 6) is 1.03. The van der Waals surface area contributed by atoms with E-state index in [1.54, 1.807) is 18.2 Å². The largest absolute Gasteiger partial charge is 0.299 e. The number of carbonyl (C=O) groups is 1. The maximum Gasteiger partial charge on any atom is 0.137 e. The zero-order valence-electron chi connectivity index (χ0n) is 11.1. The highest BCUT2D eigenvalue weighted by Gasteiger charge is 2.15. The average Bonchev–Trinajstić information content (AvgIpc) is 2.42. The van der Waals surface area contributed by atoms with Gasteiger partial charge in [-0.3, -0.25) is 4.79 Å². The van der Waals surface area contributed by atoms with Crippen molar-refractivity contribution < 1.29 is 4.79 Å². The van der Waals surface area contributed by atoms with Crippen LogP contribution in [0.5, 0.6) is 0 Å². The molecule has 0 atom stereocenters. The van der Waals surface area contributed by atoms with Gasteiger partial charge in [-0.25, -0.2) is 0 Å². The second kappa shape index (κ2) is 7.31. The number of Topliss-reactive ketones (excluding diaryl/α,β-unsaturated/α-hetero) is 1. The van der Waals surface area contributed by atoms with Crippen molar-refractivity contribution in [3.05, 3.63) is 33.8 Å². The van der Waals surface area contributed by atoms with Crippen LogP contribution in [0.1, 0.15) is 50.5 Å². The summed E-state index contributed by atoms with van der Waals surface area (Å²) < 4.78 is 0. The van der Waals surface area contributed by atoms with Gasteiger partial charge in [0.25, 0.3) is 0 Å². The molecule has 1 aromatic carbocycles. The van der Waals surface area contributed by atoms with Crippen LogP contribution in [0.2, 0.25) is 10.0 Å². The Bertz CT molecular complexity index is 436. The fourth-order valence-electron chi connectivity index (χ4n) is 2.82. The Morgan fingerprint density at radius 2 is 1.89 bits per heavy atom. The predicted molar refractivity (Wildman–Crippen MR) is 81.0 cm³/mol. The zero-order valence-corrected chi connectivity index (χ0v) is 12.6. The van der Waals surface area contributed by atoms with E-state index in [1.165, 1.54) is 32.1 Å². The molecule has 2 rings (SSSR count). The van der Waals surface area contributed by atoms with Crippen LogP contribution in [0.4, 0.5) is 0 Å². The molecule has 1 saturated carbocycles. The lowest BCUT2D eigenvalue weighted by Crippen LogP contribution is -2.10. The Kier molecular flexibility index (Phi) is 5.72. The molecular formula is C16H20Cl2O. The Morgan fingerprint density at radius 3 is 2.63 bits per heavy atom. The minimum Gasteiger partial charge on any atom is -0.299 e. The second-order valence-electron chi connectivity index (χ2n) is 5.49. The van der Waals surface area contributed by atoms with Gasteiger partial charge in [0.2, 0.25) is 0 Å². The third-order valence-electron chi connectivity index (χ3n) is 3.95. The van der Waals surface area contributed by atoms with E-state index in [4.69, 9.17) is 23.2 Å². The predicted octanol–water partition coefficient (Wildman–Crippen LogP) is 5.47. The molecule has 104 valence electrons. The summed E-state index contributed by atoms with van der Waals surface area (Å²) in [6, 6.07) is 5.30. The smallest absolute Gasteiger partial charge is 0.137 e. The highest BCUT2D eigenvalue weighted by atomic mass is 35.5. The monoisotopic (exact) mass is 298 g/mol. The number of rotatable bonds is 5. The molecule has 0 saturated heterocycles. The molecule has 1 fully saturated rings. The number of benzene rings is 1. The van der Waals surface area contributed by atoms with Crippen molar-refractivity contribution in [2.45, 2.75) is 51.4 Å². The highest BCUT2D eigenvalue weighted by molar-refractivity contribution is 6.33. The van der Waals surface area contributed by atoms with E-state index in [2.05, 4.69) is 0 Å². The lowest BCUT2D eigenvalue weighted by Gasteiger charge is -2.20. The Morgan fingerprint density at radius 1 is 1.16 bits per heavy atom. The van der Waals surface area contributed by atoms with Gasteiger partial charge in [0.1, 0.15) is 5.78 Å². The topological polar surface area (TPSA) is 17.1 Å². The third-order valence-corrected chi connectivity index (χ3v) is 4.56. The lowest BCUT2D eigenvalue weighted by atomic mass is 9.85. The van der Waals surface area contributed by atoms with Gasteiger partial charge >= 0.3 is 0 Å². The van der Waals surface area contributed by atoms with Gasteiger partial charge in [0, 0.05) is 22.9 Å². The van der Waals surface area contributed by atoms with Crippen molar-refractivity contribution >= 4 is 29.0 Å². The number of hydrogen-bond donors (Lipinski definition) is 0. The molecule has 19 heavy (non-hydrogen) atoms. The van der Waals surface area contributed by atoms with Crippen LogP contribution in [0.3, 0.4) is 0 Å². The molecule has 0 unspecified atom stereocenters. The molecule has 0 N–H and O–H groups in total. The summed E-state index contributed by atoms with van der Waals surface area (Å²) in [6.07, 6.45) is 8.74. The van der Waals surface area contributed by atoms with Crippen LogP contribution in [-0.4, -0.2) is 5.78 Å². The fraction of sp³-hybridized carbons (Fsp3) is 0.562. The molecular weight excluding hydrogens is 279 g/mol. The number of hydrogen-bond acceptors (Lipinski definition) is 1. The quantitative estimate of drug-likeness (QED) is 0.705. The first-order valence-corrected chi connectivity index (χ1v) is 7.86.